The van der Waals surface area contributed by atoms with Gasteiger partial charge in [-0.25, -0.2) is 9.59 Å². The van der Waals surface area contributed by atoms with Gasteiger partial charge >= 0.3 is 11.9 Å². The molecule has 1 unspecified atom stereocenters. The molecule has 0 bridgehead atoms. The van der Waals surface area contributed by atoms with Gasteiger partial charge in [0.1, 0.15) is 6.10 Å². The van der Waals surface area contributed by atoms with Gasteiger partial charge in [-0.3, -0.25) is 0 Å². The number of hydrogen-bond acceptors (Lipinski definition) is 3. The summed E-state index contributed by atoms with van der Waals surface area (Å²) in [6.45, 7) is 2.00. The highest BCUT2D eigenvalue weighted by Gasteiger charge is 2.14. The monoisotopic (exact) mass is 248 g/mol. The minimum Gasteiger partial charge on any atom is -0.478 e. The molecule has 0 saturated heterocycles. The topological polar surface area (TPSA) is 63.6 Å². The molecule has 0 radical (unpaired) electrons. The van der Waals surface area contributed by atoms with E-state index in [-0.39, 0.29) is 6.10 Å². The predicted molar refractivity (Wildman–Crippen MR) is 67.0 cm³/mol. The van der Waals surface area contributed by atoms with Crippen molar-refractivity contribution in [1.82, 2.24) is 0 Å². The summed E-state index contributed by atoms with van der Waals surface area (Å²) in [6.07, 6.45) is 2.94. The number of rotatable bonds is 6. The average molecular weight is 248 g/mol. The molecule has 0 heterocycles. The Morgan fingerprint density at radius 3 is 2.50 bits per heavy atom. The predicted octanol–water partition coefficient (Wildman–Crippen LogP) is 2.71. The Kier molecular flexibility index (Phi) is 5.64. The number of carbonyl (C=O) groups is 2. The van der Waals surface area contributed by atoms with Crippen molar-refractivity contribution >= 4 is 11.9 Å². The molecule has 0 fully saturated rings. The molecule has 1 aromatic carbocycles. The molecule has 1 N–H and O–H groups in total. The number of carboxylic acid groups (broad SMARTS) is 1. The molecule has 4 heteroatoms. The lowest BCUT2D eigenvalue weighted by molar-refractivity contribution is -0.144. The first-order chi connectivity index (χ1) is 8.63. The van der Waals surface area contributed by atoms with E-state index in [1.807, 2.05) is 37.3 Å². The first-order valence-electron chi connectivity index (χ1n) is 5.80. The highest BCUT2D eigenvalue weighted by Crippen LogP contribution is 2.22. The van der Waals surface area contributed by atoms with Gasteiger partial charge in [0.2, 0.25) is 0 Å². The van der Waals surface area contributed by atoms with Crippen molar-refractivity contribution < 1.29 is 19.4 Å². The molecular formula is C14H16O4. The number of benzene rings is 1. The summed E-state index contributed by atoms with van der Waals surface area (Å²) in [5, 5.41) is 8.42. The Hall–Kier alpha value is -2.10. The van der Waals surface area contributed by atoms with E-state index in [0.717, 1.165) is 24.1 Å². The first kappa shape index (κ1) is 14.0. The third-order valence-corrected chi connectivity index (χ3v) is 2.34. The Bertz CT molecular complexity index is 423. The van der Waals surface area contributed by atoms with Gasteiger partial charge in [0, 0.05) is 12.2 Å². The van der Waals surface area contributed by atoms with E-state index in [1.54, 1.807) is 0 Å². The van der Waals surface area contributed by atoms with Crippen LogP contribution in [0.15, 0.2) is 42.5 Å². The van der Waals surface area contributed by atoms with Gasteiger partial charge in [-0.1, -0.05) is 43.7 Å². The number of hydrogen-bond donors (Lipinski definition) is 1. The van der Waals surface area contributed by atoms with Crippen molar-refractivity contribution in [2.75, 3.05) is 0 Å². The van der Waals surface area contributed by atoms with Gasteiger partial charge in [-0.2, -0.15) is 0 Å². The third-order valence-electron chi connectivity index (χ3n) is 2.34. The summed E-state index contributed by atoms with van der Waals surface area (Å²) in [6, 6.07) is 9.40. The smallest absolute Gasteiger partial charge is 0.331 e. The zero-order chi connectivity index (χ0) is 13.4. The van der Waals surface area contributed by atoms with Crippen molar-refractivity contribution in [1.29, 1.82) is 0 Å². The van der Waals surface area contributed by atoms with E-state index >= 15 is 0 Å². The van der Waals surface area contributed by atoms with Crippen LogP contribution in [0.2, 0.25) is 0 Å². The Labute approximate surface area is 106 Å². The molecule has 1 atom stereocenters. The maximum atomic E-state index is 11.4. The zero-order valence-electron chi connectivity index (χ0n) is 10.2. The van der Waals surface area contributed by atoms with Crippen molar-refractivity contribution in [3.05, 3.63) is 48.0 Å². The van der Waals surface area contributed by atoms with Crippen LogP contribution in [-0.4, -0.2) is 17.0 Å². The molecule has 4 nitrogen and oxygen atoms in total. The van der Waals surface area contributed by atoms with Crippen LogP contribution in [0.4, 0.5) is 0 Å². The molecule has 1 rings (SSSR count). The van der Waals surface area contributed by atoms with Gasteiger partial charge in [0.25, 0.3) is 0 Å². The van der Waals surface area contributed by atoms with Crippen molar-refractivity contribution in [3.63, 3.8) is 0 Å². The van der Waals surface area contributed by atoms with Crippen LogP contribution in [0.5, 0.6) is 0 Å². The largest absolute Gasteiger partial charge is 0.478 e. The van der Waals surface area contributed by atoms with E-state index in [1.165, 1.54) is 0 Å². The van der Waals surface area contributed by atoms with Gasteiger partial charge in [0.15, 0.2) is 0 Å². The maximum absolute atomic E-state index is 11.4. The van der Waals surface area contributed by atoms with E-state index < -0.39 is 11.9 Å². The lowest BCUT2D eigenvalue weighted by Crippen LogP contribution is -2.09. The second-order valence-electron chi connectivity index (χ2n) is 3.80. The molecular weight excluding hydrogens is 232 g/mol. The number of carboxylic acids is 1. The summed E-state index contributed by atoms with van der Waals surface area (Å²) in [5.41, 5.74) is 0.913. The minimum atomic E-state index is -1.17. The normalized spacial score (nSPS) is 12.3. The Morgan fingerprint density at radius 1 is 1.28 bits per heavy atom. The maximum Gasteiger partial charge on any atom is 0.331 e. The van der Waals surface area contributed by atoms with E-state index in [9.17, 15) is 9.59 Å². The third kappa shape index (κ3) is 4.82. The number of aliphatic carboxylic acids is 1. The fraction of sp³-hybridized carbons (Fsp3) is 0.286. The molecule has 18 heavy (non-hydrogen) atoms. The van der Waals surface area contributed by atoms with Gasteiger partial charge < -0.3 is 9.84 Å². The lowest BCUT2D eigenvalue weighted by Gasteiger charge is -2.16. The average Bonchev–Trinajstić information content (AvgIpc) is 2.37. The highest BCUT2D eigenvalue weighted by atomic mass is 16.5. The van der Waals surface area contributed by atoms with E-state index in [0.29, 0.717) is 6.42 Å². The van der Waals surface area contributed by atoms with Crippen LogP contribution < -0.4 is 0 Å². The Morgan fingerprint density at radius 2 is 1.94 bits per heavy atom. The zero-order valence-corrected chi connectivity index (χ0v) is 10.2. The van der Waals surface area contributed by atoms with Gasteiger partial charge in [0.05, 0.1) is 0 Å². The number of carbonyl (C=O) groups excluding carboxylic acids is 1. The van der Waals surface area contributed by atoms with Gasteiger partial charge in [-0.15, -0.1) is 0 Å². The van der Waals surface area contributed by atoms with Gasteiger partial charge in [-0.05, 0) is 12.0 Å². The Balaban J connectivity index is 2.69. The molecule has 0 amide bonds. The van der Waals surface area contributed by atoms with Crippen molar-refractivity contribution in [3.8, 4) is 0 Å². The lowest BCUT2D eigenvalue weighted by atomic mass is 10.1. The summed E-state index contributed by atoms with van der Waals surface area (Å²) >= 11 is 0. The molecule has 96 valence electrons. The van der Waals surface area contributed by atoms with Crippen molar-refractivity contribution in [2.24, 2.45) is 0 Å². The fourth-order valence-corrected chi connectivity index (χ4v) is 1.54. The van der Waals surface area contributed by atoms with Crippen LogP contribution in [-0.2, 0) is 14.3 Å². The van der Waals surface area contributed by atoms with Crippen LogP contribution in [0, 0.1) is 0 Å². The van der Waals surface area contributed by atoms with Crippen LogP contribution in [0.1, 0.15) is 31.4 Å². The fourth-order valence-electron chi connectivity index (χ4n) is 1.54. The van der Waals surface area contributed by atoms with Crippen LogP contribution in [0.3, 0.4) is 0 Å². The van der Waals surface area contributed by atoms with Crippen molar-refractivity contribution in [2.45, 2.75) is 25.9 Å². The standard InChI is InChI=1S/C14H16O4/c1-2-6-12(11-7-4-3-5-8-11)18-14(17)10-9-13(15)16/h3-5,7-10,12H,2,6H2,1H3,(H,15,16)/b10-9+. The quantitative estimate of drug-likeness (QED) is 0.621. The highest BCUT2D eigenvalue weighted by molar-refractivity contribution is 5.90. The van der Waals surface area contributed by atoms with E-state index in [2.05, 4.69) is 0 Å². The number of ether oxygens (including phenoxy) is 1. The molecule has 0 aliphatic rings. The molecule has 0 aliphatic heterocycles. The first-order valence-corrected chi connectivity index (χ1v) is 5.80. The summed E-state index contributed by atoms with van der Waals surface area (Å²) in [4.78, 5) is 21.7. The molecule has 0 aliphatic carbocycles. The summed E-state index contributed by atoms with van der Waals surface area (Å²) in [7, 11) is 0. The molecule has 0 saturated carbocycles. The van der Waals surface area contributed by atoms with Crippen LogP contribution >= 0.6 is 0 Å². The molecule has 0 aromatic heterocycles. The summed E-state index contributed by atoms with van der Waals surface area (Å²) in [5.74, 6) is -1.81. The number of esters is 1. The summed E-state index contributed by atoms with van der Waals surface area (Å²) < 4.78 is 5.24. The second kappa shape index (κ2) is 7.27. The van der Waals surface area contributed by atoms with E-state index in [4.69, 9.17) is 9.84 Å². The molecule has 0 spiro atoms. The molecule has 1 aromatic rings. The second-order valence-corrected chi connectivity index (χ2v) is 3.80. The minimum absolute atomic E-state index is 0.331. The van der Waals surface area contributed by atoms with Crippen LogP contribution in [0.25, 0.3) is 0 Å². The SMILES string of the molecule is CCCC(OC(=O)/C=C/C(=O)O)c1ccccc1.